The van der Waals surface area contributed by atoms with Crippen molar-refractivity contribution in [1.82, 2.24) is 14.9 Å². The van der Waals surface area contributed by atoms with Crippen molar-refractivity contribution in [2.45, 2.75) is 11.2 Å². The number of amides is 1. The molecule has 1 aliphatic heterocycles. The molecule has 0 N–H and O–H groups in total. The van der Waals surface area contributed by atoms with Gasteiger partial charge in [0.15, 0.2) is 0 Å². The van der Waals surface area contributed by atoms with E-state index < -0.39 is 12.0 Å². The van der Waals surface area contributed by atoms with E-state index in [9.17, 15) is 18.0 Å². The number of fused-ring (bicyclic) bond motifs is 1. The van der Waals surface area contributed by atoms with Crippen molar-refractivity contribution in [3.05, 3.63) is 54.4 Å². The van der Waals surface area contributed by atoms with Crippen LogP contribution in [-0.4, -0.2) is 59.8 Å². The Bertz CT molecular complexity index is 1100. The van der Waals surface area contributed by atoms with Crippen LogP contribution in [0.2, 0.25) is 0 Å². The summed E-state index contributed by atoms with van der Waals surface area (Å²) in [5, 5.41) is 0.663. The minimum Gasteiger partial charge on any atom is -0.497 e. The van der Waals surface area contributed by atoms with Crippen LogP contribution in [0, 0.1) is 0 Å². The summed E-state index contributed by atoms with van der Waals surface area (Å²) in [6.45, 7) is 2.45. The summed E-state index contributed by atoms with van der Waals surface area (Å²) in [5.41, 5.74) is 1.26. The molecule has 4 rings (SSSR count). The van der Waals surface area contributed by atoms with Gasteiger partial charge in [0.05, 0.1) is 18.4 Å². The Morgan fingerprint density at radius 1 is 1.03 bits per heavy atom. The van der Waals surface area contributed by atoms with Crippen molar-refractivity contribution in [1.29, 1.82) is 0 Å². The van der Waals surface area contributed by atoms with Gasteiger partial charge in [-0.2, -0.15) is 13.2 Å². The number of piperazine rings is 1. The molecular weight excluding hydrogens is 441 g/mol. The predicted molar refractivity (Wildman–Crippen MR) is 117 cm³/mol. The molecule has 168 valence electrons. The fraction of sp³-hybridized carbons (Fsp3) is 0.318. The summed E-state index contributed by atoms with van der Waals surface area (Å²) < 4.78 is 44.7. The van der Waals surface area contributed by atoms with Crippen molar-refractivity contribution in [2.75, 3.05) is 43.9 Å². The number of rotatable bonds is 5. The van der Waals surface area contributed by atoms with Gasteiger partial charge >= 0.3 is 6.18 Å². The van der Waals surface area contributed by atoms with Gasteiger partial charge in [-0.25, -0.2) is 9.97 Å². The van der Waals surface area contributed by atoms with E-state index in [1.165, 1.54) is 6.07 Å². The molecule has 0 aliphatic carbocycles. The molecule has 0 bridgehead atoms. The van der Waals surface area contributed by atoms with E-state index in [0.29, 0.717) is 31.6 Å². The van der Waals surface area contributed by atoms with Gasteiger partial charge in [-0.1, -0.05) is 30.0 Å². The third kappa shape index (κ3) is 4.90. The third-order valence-electron chi connectivity index (χ3n) is 5.22. The number of halogens is 3. The molecule has 1 fully saturated rings. The minimum absolute atomic E-state index is 0.0147. The maximum atomic E-state index is 13.2. The number of methoxy groups -OCH3 is 1. The fourth-order valence-electron chi connectivity index (χ4n) is 3.51. The summed E-state index contributed by atoms with van der Waals surface area (Å²) in [4.78, 5) is 23.9. The first-order chi connectivity index (χ1) is 15.3. The highest BCUT2D eigenvalue weighted by molar-refractivity contribution is 8.00. The highest BCUT2D eigenvalue weighted by atomic mass is 32.2. The number of anilines is 1. The number of ether oxygens (including phenoxy) is 1. The standard InChI is InChI=1S/C22H21F3N4O2S/c1-31-16-8-6-15(7-9-16)28-10-12-29(13-11-28)19(30)14-32-20-17-4-2-3-5-18(17)26-21(27-20)22(23,24)25/h2-9H,10-14H2,1H3. The zero-order valence-electron chi connectivity index (χ0n) is 17.3. The summed E-state index contributed by atoms with van der Waals surface area (Å²) in [5.74, 6) is -0.522. The molecule has 1 amide bonds. The van der Waals surface area contributed by atoms with Crippen molar-refractivity contribution in [3.8, 4) is 5.75 Å². The highest BCUT2D eigenvalue weighted by Crippen LogP contribution is 2.32. The van der Waals surface area contributed by atoms with Crippen LogP contribution in [0.4, 0.5) is 18.9 Å². The Labute approximate surface area is 187 Å². The average Bonchev–Trinajstić information content (AvgIpc) is 2.81. The quantitative estimate of drug-likeness (QED) is 0.420. The maximum Gasteiger partial charge on any atom is 0.451 e. The van der Waals surface area contributed by atoms with Crippen LogP contribution in [0.25, 0.3) is 10.9 Å². The topological polar surface area (TPSA) is 58.6 Å². The van der Waals surface area contributed by atoms with Crippen molar-refractivity contribution < 1.29 is 22.7 Å². The maximum absolute atomic E-state index is 13.2. The molecule has 1 aromatic heterocycles. The zero-order valence-corrected chi connectivity index (χ0v) is 18.1. The fourth-order valence-corrected chi connectivity index (χ4v) is 4.43. The van der Waals surface area contributed by atoms with Crippen LogP contribution in [0.1, 0.15) is 5.82 Å². The molecule has 32 heavy (non-hydrogen) atoms. The number of benzene rings is 2. The summed E-state index contributed by atoms with van der Waals surface area (Å²) in [6.07, 6.45) is -4.65. The molecule has 0 saturated carbocycles. The molecule has 1 saturated heterocycles. The summed E-state index contributed by atoms with van der Waals surface area (Å²) in [7, 11) is 1.62. The van der Waals surface area contributed by atoms with E-state index >= 15 is 0 Å². The van der Waals surface area contributed by atoms with Crippen molar-refractivity contribution in [3.63, 3.8) is 0 Å². The lowest BCUT2D eigenvalue weighted by molar-refractivity contribution is -0.145. The zero-order chi connectivity index (χ0) is 22.7. The Morgan fingerprint density at radius 3 is 2.38 bits per heavy atom. The van der Waals surface area contributed by atoms with Crippen LogP contribution >= 0.6 is 11.8 Å². The first kappa shape index (κ1) is 22.2. The van der Waals surface area contributed by atoms with Gasteiger partial charge < -0.3 is 14.5 Å². The summed E-state index contributed by atoms with van der Waals surface area (Å²) >= 11 is 1.01. The average molecular weight is 462 g/mol. The molecule has 6 nitrogen and oxygen atoms in total. The SMILES string of the molecule is COc1ccc(N2CCN(C(=O)CSc3nc(C(F)(F)F)nc4ccccc34)CC2)cc1. The third-order valence-corrected chi connectivity index (χ3v) is 6.20. The summed E-state index contributed by atoms with van der Waals surface area (Å²) in [6, 6.07) is 14.2. The number of carbonyl (C=O) groups excluding carboxylic acids is 1. The second-order valence-corrected chi connectivity index (χ2v) is 8.19. The predicted octanol–water partition coefficient (Wildman–Crippen LogP) is 4.10. The number of nitrogens with zero attached hydrogens (tertiary/aromatic N) is 4. The molecule has 2 aromatic carbocycles. The van der Waals surface area contributed by atoms with Crippen LogP contribution in [-0.2, 0) is 11.0 Å². The van der Waals surface area contributed by atoms with Crippen molar-refractivity contribution >= 4 is 34.3 Å². The van der Waals surface area contributed by atoms with Gasteiger partial charge in [-0.05, 0) is 30.3 Å². The number of alkyl halides is 3. The number of hydrogen-bond donors (Lipinski definition) is 0. The van der Waals surface area contributed by atoms with E-state index in [1.807, 2.05) is 24.3 Å². The van der Waals surface area contributed by atoms with Gasteiger partial charge in [0, 0.05) is 37.3 Å². The van der Waals surface area contributed by atoms with E-state index in [4.69, 9.17) is 4.74 Å². The second-order valence-electron chi connectivity index (χ2n) is 7.22. The number of aromatic nitrogens is 2. The number of para-hydroxylation sites is 1. The molecular formula is C22H21F3N4O2S. The molecule has 0 radical (unpaired) electrons. The van der Waals surface area contributed by atoms with Gasteiger partial charge in [-0.3, -0.25) is 4.79 Å². The van der Waals surface area contributed by atoms with Gasteiger partial charge in [0.25, 0.3) is 0 Å². The number of thioether (sulfide) groups is 1. The number of hydrogen-bond acceptors (Lipinski definition) is 6. The monoisotopic (exact) mass is 462 g/mol. The van der Waals surface area contributed by atoms with Gasteiger partial charge in [0.1, 0.15) is 10.8 Å². The minimum atomic E-state index is -4.65. The van der Waals surface area contributed by atoms with E-state index in [2.05, 4.69) is 14.9 Å². The normalized spacial score (nSPS) is 14.6. The lowest BCUT2D eigenvalue weighted by Gasteiger charge is -2.36. The Balaban J connectivity index is 1.39. The molecule has 10 heteroatoms. The van der Waals surface area contributed by atoms with Gasteiger partial charge in [0.2, 0.25) is 11.7 Å². The van der Waals surface area contributed by atoms with Crippen LogP contribution in [0.15, 0.2) is 53.6 Å². The van der Waals surface area contributed by atoms with Crippen LogP contribution in [0.3, 0.4) is 0 Å². The van der Waals surface area contributed by atoms with E-state index in [1.54, 1.807) is 30.2 Å². The van der Waals surface area contributed by atoms with E-state index in [-0.39, 0.29) is 22.2 Å². The Kier molecular flexibility index (Phi) is 6.40. The van der Waals surface area contributed by atoms with E-state index in [0.717, 1.165) is 23.2 Å². The number of carbonyl (C=O) groups is 1. The molecule has 0 unspecified atom stereocenters. The molecule has 3 aromatic rings. The van der Waals surface area contributed by atoms with Crippen LogP contribution < -0.4 is 9.64 Å². The molecule has 0 atom stereocenters. The molecule has 1 aliphatic rings. The first-order valence-electron chi connectivity index (χ1n) is 9.99. The van der Waals surface area contributed by atoms with Gasteiger partial charge in [-0.15, -0.1) is 0 Å². The largest absolute Gasteiger partial charge is 0.497 e. The van der Waals surface area contributed by atoms with Crippen molar-refractivity contribution in [2.24, 2.45) is 0 Å². The Morgan fingerprint density at radius 2 is 1.72 bits per heavy atom. The molecule has 2 heterocycles. The highest BCUT2D eigenvalue weighted by Gasteiger charge is 2.35. The Hall–Kier alpha value is -3.01. The van der Waals surface area contributed by atoms with Crippen LogP contribution in [0.5, 0.6) is 5.75 Å². The lowest BCUT2D eigenvalue weighted by Crippen LogP contribution is -2.49. The second kappa shape index (κ2) is 9.23. The smallest absolute Gasteiger partial charge is 0.451 e. The lowest BCUT2D eigenvalue weighted by atomic mass is 10.2. The molecule has 0 spiro atoms. The first-order valence-corrected chi connectivity index (χ1v) is 11.0.